The molecule has 0 aliphatic carbocycles. The van der Waals surface area contributed by atoms with Crippen LogP contribution in [0.4, 0.5) is 0 Å². The summed E-state index contributed by atoms with van der Waals surface area (Å²) in [6.45, 7) is 0. The molecular formula is C110H66N6OS3. The van der Waals surface area contributed by atoms with E-state index >= 15 is 0 Å². The molecule has 16 aromatic carbocycles. The molecule has 560 valence electrons. The molecule has 0 radical (unpaired) electrons. The van der Waals surface area contributed by atoms with E-state index in [9.17, 15) is 0 Å². The summed E-state index contributed by atoms with van der Waals surface area (Å²) in [7, 11) is 0. The first kappa shape index (κ1) is 70.4. The van der Waals surface area contributed by atoms with E-state index in [4.69, 9.17) is 34.3 Å². The van der Waals surface area contributed by atoms with Crippen molar-refractivity contribution in [3.63, 3.8) is 0 Å². The van der Waals surface area contributed by atoms with Crippen LogP contribution in [-0.4, -0.2) is 29.9 Å². The van der Waals surface area contributed by atoms with Crippen LogP contribution in [-0.2, 0) is 0 Å². The van der Waals surface area contributed by atoms with Crippen LogP contribution in [0.15, 0.2) is 405 Å². The maximum atomic E-state index is 6.33. The van der Waals surface area contributed by atoms with E-state index in [-0.39, 0.29) is 0 Å². The van der Waals surface area contributed by atoms with Crippen molar-refractivity contribution in [2.75, 3.05) is 0 Å². The number of rotatable bonds is 12. The smallest absolute Gasteiger partial charge is 0.160 e. The van der Waals surface area contributed by atoms with Crippen molar-refractivity contribution in [2.45, 2.75) is 0 Å². The molecule has 8 heterocycles. The van der Waals surface area contributed by atoms with Gasteiger partial charge in [-0.25, -0.2) is 29.9 Å². The second-order valence-corrected chi connectivity index (χ2v) is 33.4. The average Bonchev–Trinajstić information content (AvgIpc) is 1.54. The average molecular weight is 1580 g/mol. The van der Waals surface area contributed by atoms with E-state index in [1.807, 2.05) is 88.6 Å². The molecule has 0 saturated carbocycles. The Hall–Kier alpha value is -15.0. The summed E-state index contributed by atoms with van der Waals surface area (Å²) in [5.41, 5.74) is 26.9. The molecule has 7 nitrogen and oxygen atoms in total. The molecule has 0 aliphatic heterocycles. The zero-order chi connectivity index (χ0) is 79.1. The molecule has 0 atom stereocenters. The lowest BCUT2D eigenvalue weighted by Crippen LogP contribution is -1.96. The molecular weight excluding hydrogens is 1520 g/mol. The number of aromatic nitrogens is 6. The van der Waals surface area contributed by atoms with Gasteiger partial charge in [-0.1, -0.05) is 334 Å². The van der Waals surface area contributed by atoms with Gasteiger partial charge >= 0.3 is 0 Å². The molecule has 0 bridgehead atoms. The van der Waals surface area contributed by atoms with Gasteiger partial charge in [0.2, 0.25) is 0 Å². The van der Waals surface area contributed by atoms with Crippen LogP contribution in [0.2, 0.25) is 0 Å². The number of pyridine rings is 2. The van der Waals surface area contributed by atoms with Gasteiger partial charge in [-0.3, -0.25) is 0 Å². The normalized spacial score (nSPS) is 11.7. The molecule has 0 aliphatic rings. The Balaban J connectivity index is 0.000000140. The fourth-order valence-electron chi connectivity index (χ4n) is 17.2. The third kappa shape index (κ3) is 12.6. The van der Waals surface area contributed by atoms with E-state index in [1.165, 1.54) is 88.2 Å². The molecule has 24 rings (SSSR count). The second-order valence-electron chi connectivity index (χ2n) is 30.2. The molecule has 0 amide bonds. The first-order valence-electron chi connectivity index (χ1n) is 40.2. The molecule has 24 aromatic rings. The van der Waals surface area contributed by atoms with Crippen molar-refractivity contribution in [3.05, 3.63) is 400 Å². The lowest BCUT2D eigenvalue weighted by atomic mass is 9.94. The maximum Gasteiger partial charge on any atom is 0.160 e. The van der Waals surface area contributed by atoms with Crippen molar-refractivity contribution < 1.29 is 4.42 Å². The molecule has 120 heavy (non-hydrogen) atoms. The zero-order valence-electron chi connectivity index (χ0n) is 64.4. The van der Waals surface area contributed by atoms with Crippen molar-refractivity contribution in [1.29, 1.82) is 0 Å². The Morgan fingerprint density at radius 3 is 1.06 bits per heavy atom. The maximum absolute atomic E-state index is 6.33. The minimum atomic E-state index is 0.681. The first-order chi connectivity index (χ1) is 59.4. The number of thiophene rings is 3. The SMILES string of the molecule is c1ccc(-c2cc(-c3cccc(-c4cccc5c4sc4ccccc45)c3)nc(-c3ccc(-c4nc5cccc(-c6ccccc6)c5c5c4sc4ccccc45)cc3)n2)cc1.c1ccc(-c2cc(-c3ccccc3)nc(-c3ccc(-c4ccc(-c5nc6cccc(-c7ccc8c(c7)oc7ccccc78)c6c6c5sc5ccccc56)cc4)cc3)n2)cc1. The summed E-state index contributed by atoms with van der Waals surface area (Å²) in [4.78, 5) is 31.4. The Morgan fingerprint density at radius 2 is 0.533 bits per heavy atom. The van der Waals surface area contributed by atoms with Gasteiger partial charge in [-0.2, -0.15) is 0 Å². The highest BCUT2D eigenvalue weighted by molar-refractivity contribution is 7.27. The number of benzene rings is 16. The quantitative estimate of drug-likeness (QED) is 0.120. The lowest BCUT2D eigenvalue weighted by Gasteiger charge is -2.13. The molecule has 0 unspecified atom stereocenters. The number of nitrogens with zero attached hydrogens (tertiary/aromatic N) is 6. The summed E-state index contributed by atoms with van der Waals surface area (Å²) >= 11 is 5.48. The lowest BCUT2D eigenvalue weighted by molar-refractivity contribution is 0.669. The fourth-order valence-corrected chi connectivity index (χ4v) is 20.9. The highest BCUT2D eigenvalue weighted by atomic mass is 32.1. The van der Waals surface area contributed by atoms with E-state index in [0.29, 0.717) is 11.6 Å². The van der Waals surface area contributed by atoms with Crippen molar-refractivity contribution >= 4 is 138 Å². The largest absolute Gasteiger partial charge is 0.456 e. The van der Waals surface area contributed by atoms with Gasteiger partial charge < -0.3 is 4.42 Å². The van der Waals surface area contributed by atoms with Crippen LogP contribution < -0.4 is 0 Å². The van der Waals surface area contributed by atoms with Crippen LogP contribution in [0.3, 0.4) is 0 Å². The summed E-state index contributed by atoms with van der Waals surface area (Å²) in [6, 6.07) is 141. The van der Waals surface area contributed by atoms with E-state index in [1.54, 1.807) is 0 Å². The Kier molecular flexibility index (Phi) is 17.4. The third-order valence-electron chi connectivity index (χ3n) is 23.0. The van der Waals surface area contributed by atoms with Gasteiger partial charge in [0.1, 0.15) is 11.2 Å². The highest BCUT2D eigenvalue weighted by Gasteiger charge is 2.24. The van der Waals surface area contributed by atoms with E-state index < -0.39 is 0 Å². The van der Waals surface area contributed by atoms with E-state index in [2.05, 4.69) is 346 Å². The monoisotopic (exact) mass is 1580 g/mol. The van der Waals surface area contributed by atoms with Gasteiger partial charge in [0.25, 0.3) is 0 Å². The van der Waals surface area contributed by atoms with Crippen molar-refractivity contribution in [3.8, 4) is 135 Å². The zero-order valence-corrected chi connectivity index (χ0v) is 66.9. The minimum absolute atomic E-state index is 0.681. The molecule has 8 aromatic heterocycles. The number of hydrogen-bond acceptors (Lipinski definition) is 10. The molecule has 10 heteroatoms. The van der Waals surface area contributed by atoms with Gasteiger partial charge in [0.05, 0.1) is 54.6 Å². The second kappa shape index (κ2) is 29.6. The van der Waals surface area contributed by atoms with Crippen LogP contribution in [0.25, 0.3) is 239 Å². The predicted octanol–water partition coefficient (Wildman–Crippen LogP) is 31.1. The van der Waals surface area contributed by atoms with Crippen LogP contribution >= 0.6 is 34.0 Å². The van der Waals surface area contributed by atoms with Gasteiger partial charge in [0, 0.05) is 117 Å². The Labute approximate surface area is 702 Å². The predicted molar refractivity (Wildman–Crippen MR) is 506 cm³/mol. The van der Waals surface area contributed by atoms with Gasteiger partial charge in [-0.15, -0.1) is 34.0 Å². The summed E-state index contributed by atoms with van der Waals surface area (Å²) in [5.74, 6) is 1.38. The van der Waals surface area contributed by atoms with Gasteiger partial charge in [0.15, 0.2) is 11.6 Å². The summed E-state index contributed by atoms with van der Waals surface area (Å²) < 4.78 is 13.8. The minimum Gasteiger partial charge on any atom is -0.456 e. The van der Waals surface area contributed by atoms with Crippen LogP contribution in [0, 0.1) is 0 Å². The number of fused-ring (bicyclic) bond motifs is 16. The first-order valence-corrected chi connectivity index (χ1v) is 42.6. The highest BCUT2D eigenvalue weighted by Crippen LogP contribution is 2.50. The van der Waals surface area contributed by atoms with Crippen molar-refractivity contribution in [1.82, 2.24) is 29.9 Å². The fraction of sp³-hybridized carbons (Fsp3) is 0. The molecule has 0 spiro atoms. The molecule has 0 fully saturated rings. The van der Waals surface area contributed by atoms with E-state index in [0.717, 1.165) is 139 Å². The molecule has 0 saturated heterocycles. The summed E-state index contributed by atoms with van der Waals surface area (Å²) in [5, 5.41) is 12.2. The van der Waals surface area contributed by atoms with Crippen molar-refractivity contribution in [2.24, 2.45) is 0 Å². The Bertz CT molecular complexity index is 8070. The number of furan rings is 1. The Morgan fingerprint density at radius 1 is 0.183 bits per heavy atom. The number of hydrogen-bond donors (Lipinski definition) is 0. The van der Waals surface area contributed by atoms with Gasteiger partial charge in [-0.05, 0) is 111 Å². The van der Waals surface area contributed by atoms with Crippen LogP contribution in [0.1, 0.15) is 0 Å². The standard InChI is InChI=1S/C55H33N3OS.C55H33N3S2/c1-3-12-36(13-4-1)46-33-47(37-14-5-2-6-15-37)58-55(57-46)39-28-24-35(25-29-39)34-22-26-38(27-23-34)53-54-52(44-17-8-10-21-50(44)60-54)51-41(18-11-19-45(51)56-53)40-30-31-43-42-16-7-9-20-48(42)59-49(43)32-40;1-3-14-34(15-4-1)40-22-13-25-45-50(40)51-44-21-8-10-27-49(44)60-54(51)52(56-45)36-28-30-37(31-29-36)55-57-46(35-16-5-2-6-17-35)33-47(58-55)39-19-11-18-38(32-39)41-23-12-24-43-42-20-7-9-26-48(42)59-53(41)43/h2*1-33H. The summed E-state index contributed by atoms with van der Waals surface area (Å²) in [6.07, 6.45) is 0. The topological polar surface area (TPSA) is 90.5 Å². The molecule has 0 N–H and O–H groups in total. The third-order valence-corrected chi connectivity index (χ3v) is 26.6. The van der Waals surface area contributed by atoms with Crippen LogP contribution in [0.5, 0.6) is 0 Å². The number of para-hydroxylation sites is 1.